The summed E-state index contributed by atoms with van der Waals surface area (Å²) < 4.78 is 0.976. The number of pyridine rings is 1. The number of hydrogen-bond donors (Lipinski definition) is 0. The van der Waals surface area contributed by atoms with Crippen LogP contribution in [0.5, 0.6) is 0 Å². The molecule has 0 N–H and O–H groups in total. The standard InChI is InChI=1S/C20H19BrN2O/c1-13-19(18(24)12-23(2)3)20(14-7-5-4-6-8-14)16-11-15(21)9-10-17(16)22-13/h4-11H,12H2,1-3H3. The first-order valence-corrected chi connectivity index (χ1v) is 8.60. The third-order valence-corrected chi connectivity index (χ3v) is 4.42. The quantitative estimate of drug-likeness (QED) is 0.612. The molecule has 122 valence electrons. The smallest absolute Gasteiger partial charge is 0.179 e. The summed E-state index contributed by atoms with van der Waals surface area (Å²) in [5.74, 6) is 0.0886. The minimum absolute atomic E-state index is 0.0886. The average Bonchev–Trinajstić information content (AvgIpc) is 2.54. The van der Waals surface area contributed by atoms with Crippen molar-refractivity contribution in [1.29, 1.82) is 0 Å². The number of benzene rings is 2. The Labute approximate surface area is 150 Å². The van der Waals surface area contributed by atoms with Crippen LogP contribution in [-0.4, -0.2) is 36.3 Å². The van der Waals surface area contributed by atoms with E-state index in [0.717, 1.165) is 32.2 Å². The molecule has 0 radical (unpaired) electrons. The lowest BCUT2D eigenvalue weighted by Crippen LogP contribution is -2.23. The summed E-state index contributed by atoms with van der Waals surface area (Å²) in [6, 6.07) is 16.1. The number of carbonyl (C=O) groups excluding carboxylic acids is 1. The molecule has 24 heavy (non-hydrogen) atoms. The van der Waals surface area contributed by atoms with E-state index in [1.54, 1.807) is 0 Å². The lowest BCUT2D eigenvalue weighted by Gasteiger charge is -2.17. The van der Waals surface area contributed by atoms with Crippen LogP contribution in [0.15, 0.2) is 53.0 Å². The van der Waals surface area contributed by atoms with Gasteiger partial charge in [0, 0.05) is 26.7 Å². The summed E-state index contributed by atoms with van der Waals surface area (Å²) in [5, 5.41) is 0.989. The van der Waals surface area contributed by atoms with Crippen LogP contribution in [0.2, 0.25) is 0 Å². The molecule has 0 amide bonds. The molecule has 4 heteroatoms. The second kappa shape index (κ2) is 6.83. The Morgan fingerprint density at radius 1 is 1.12 bits per heavy atom. The zero-order chi connectivity index (χ0) is 17.3. The van der Waals surface area contributed by atoms with E-state index in [2.05, 4.69) is 20.9 Å². The normalized spacial score (nSPS) is 11.2. The maximum Gasteiger partial charge on any atom is 0.179 e. The van der Waals surface area contributed by atoms with Gasteiger partial charge in [-0.15, -0.1) is 0 Å². The number of fused-ring (bicyclic) bond motifs is 1. The van der Waals surface area contributed by atoms with Gasteiger partial charge in [-0.3, -0.25) is 9.78 Å². The largest absolute Gasteiger partial charge is 0.302 e. The van der Waals surface area contributed by atoms with E-state index in [4.69, 9.17) is 0 Å². The maximum atomic E-state index is 12.9. The minimum Gasteiger partial charge on any atom is -0.302 e. The van der Waals surface area contributed by atoms with Crippen molar-refractivity contribution in [2.75, 3.05) is 20.6 Å². The van der Waals surface area contributed by atoms with Crippen LogP contribution in [0, 0.1) is 6.92 Å². The molecule has 0 aliphatic heterocycles. The second-order valence-electron chi connectivity index (χ2n) is 6.14. The Morgan fingerprint density at radius 2 is 1.83 bits per heavy atom. The molecule has 3 aromatic rings. The molecule has 1 aromatic heterocycles. The van der Waals surface area contributed by atoms with Gasteiger partial charge in [-0.1, -0.05) is 46.3 Å². The number of ketones is 1. The van der Waals surface area contributed by atoms with Gasteiger partial charge in [0.2, 0.25) is 0 Å². The van der Waals surface area contributed by atoms with Gasteiger partial charge in [-0.2, -0.15) is 0 Å². The van der Waals surface area contributed by atoms with Gasteiger partial charge < -0.3 is 4.90 Å². The minimum atomic E-state index is 0.0886. The maximum absolute atomic E-state index is 12.9. The number of hydrogen-bond acceptors (Lipinski definition) is 3. The topological polar surface area (TPSA) is 33.2 Å². The number of Topliss-reactive ketones (excluding diaryl/α,β-unsaturated/α-hetero) is 1. The van der Waals surface area contributed by atoms with Crippen LogP contribution in [0.25, 0.3) is 22.0 Å². The van der Waals surface area contributed by atoms with E-state index in [9.17, 15) is 4.79 Å². The predicted octanol–water partition coefficient (Wildman–Crippen LogP) is 4.72. The summed E-state index contributed by atoms with van der Waals surface area (Å²) in [6.07, 6.45) is 0. The highest BCUT2D eigenvalue weighted by molar-refractivity contribution is 9.10. The Hall–Kier alpha value is -2.04. The highest BCUT2D eigenvalue weighted by atomic mass is 79.9. The molecular weight excluding hydrogens is 364 g/mol. The zero-order valence-electron chi connectivity index (χ0n) is 14.0. The van der Waals surface area contributed by atoms with Crippen LogP contribution in [0.1, 0.15) is 16.1 Å². The fourth-order valence-corrected chi connectivity index (χ4v) is 3.33. The molecule has 0 saturated heterocycles. The monoisotopic (exact) mass is 382 g/mol. The molecule has 0 bridgehead atoms. The molecule has 1 heterocycles. The Kier molecular flexibility index (Phi) is 4.78. The van der Waals surface area contributed by atoms with E-state index >= 15 is 0 Å². The number of aromatic nitrogens is 1. The van der Waals surface area contributed by atoms with Gasteiger partial charge in [0.1, 0.15) is 0 Å². The van der Waals surface area contributed by atoms with Crippen molar-refractivity contribution < 1.29 is 4.79 Å². The first-order chi connectivity index (χ1) is 11.5. The Morgan fingerprint density at radius 3 is 2.50 bits per heavy atom. The van der Waals surface area contributed by atoms with E-state index in [1.807, 2.05) is 74.4 Å². The number of nitrogens with zero attached hydrogens (tertiary/aromatic N) is 2. The van der Waals surface area contributed by atoms with Gasteiger partial charge in [-0.25, -0.2) is 0 Å². The van der Waals surface area contributed by atoms with Gasteiger partial charge in [0.15, 0.2) is 5.78 Å². The number of likely N-dealkylation sites (N-methyl/N-ethyl adjacent to an activating group) is 1. The lowest BCUT2D eigenvalue weighted by atomic mass is 9.92. The number of aryl methyl sites for hydroxylation is 1. The number of halogens is 1. The third kappa shape index (κ3) is 3.25. The van der Waals surface area contributed by atoms with Gasteiger partial charge >= 0.3 is 0 Å². The second-order valence-corrected chi connectivity index (χ2v) is 7.05. The number of rotatable bonds is 4. The van der Waals surface area contributed by atoms with Crippen LogP contribution in [-0.2, 0) is 0 Å². The fourth-order valence-electron chi connectivity index (χ4n) is 2.97. The van der Waals surface area contributed by atoms with Crippen molar-refractivity contribution in [3.05, 3.63) is 64.3 Å². The van der Waals surface area contributed by atoms with E-state index in [1.165, 1.54) is 0 Å². The summed E-state index contributed by atoms with van der Waals surface area (Å²) in [6.45, 7) is 2.28. The third-order valence-electron chi connectivity index (χ3n) is 3.93. The van der Waals surface area contributed by atoms with E-state index in [0.29, 0.717) is 12.1 Å². The van der Waals surface area contributed by atoms with Crippen molar-refractivity contribution in [3.63, 3.8) is 0 Å². The number of carbonyl (C=O) groups is 1. The van der Waals surface area contributed by atoms with Crippen LogP contribution in [0.3, 0.4) is 0 Å². The molecule has 0 unspecified atom stereocenters. The molecule has 0 aliphatic rings. The van der Waals surface area contributed by atoms with Crippen molar-refractivity contribution in [2.45, 2.75) is 6.92 Å². The highest BCUT2D eigenvalue weighted by Gasteiger charge is 2.20. The van der Waals surface area contributed by atoms with Crippen LogP contribution < -0.4 is 0 Å². The molecule has 3 nitrogen and oxygen atoms in total. The average molecular weight is 383 g/mol. The van der Waals surface area contributed by atoms with Crippen molar-refractivity contribution in [1.82, 2.24) is 9.88 Å². The molecule has 0 fully saturated rings. The van der Waals surface area contributed by atoms with Crippen LogP contribution >= 0.6 is 15.9 Å². The SMILES string of the molecule is Cc1nc2ccc(Br)cc2c(-c2ccccc2)c1C(=O)CN(C)C. The first kappa shape index (κ1) is 16.8. The Bertz CT molecular complexity index is 904. The fraction of sp³-hybridized carbons (Fsp3) is 0.200. The van der Waals surface area contributed by atoms with Crippen molar-refractivity contribution in [3.8, 4) is 11.1 Å². The van der Waals surface area contributed by atoms with Crippen LogP contribution in [0.4, 0.5) is 0 Å². The molecule has 2 aromatic carbocycles. The molecular formula is C20H19BrN2O. The zero-order valence-corrected chi connectivity index (χ0v) is 15.6. The van der Waals surface area contributed by atoms with E-state index < -0.39 is 0 Å². The summed E-state index contributed by atoms with van der Waals surface area (Å²) in [7, 11) is 3.81. The highest BCUT2D eigenvalue weighted by Crippen LogP contribution is 2.34. The Balaban J connectivity index is 2.37. The van der Waals surface area contributed by atoms with E-state index in [-0.39, 0.29) is 5.78 Å². The molecule has 3 rings (SSSR count). The van der Waals surface area contributed by atoms with Crippen molar-refractivity contribution >= 4 is 32.6 Å². The molecule has 0 spiro atoms. The summed E-state index contributed by atoms with van der Waals surface area (Å²) >= 11 is 3.54. The molecule has 0 saturated carbocycles. The molecule has 0 aliphatic carbocycles. The van der Waals surface area contributed by atoms with Crippen molar-refractivity contribution in [2.24, 2.45) is 0 Å². The summed E-state index contributed by atoms with van der Waals surface area (Å²) in [5.41, 5.74) is 4.38. The van der Waals surface area contributed by atoms with Gasteiger partial charge in [0.05, 0.1) is 12.1 Å². The first-order valence-electron chi connectivity index (χ1n) is 7.80. The van der Waals surface area contributed by atoms with Gasteiger partial charge in [-0.05, 0) is 44.8 Å². The lowest BCUT2D eigenvalue weighted by molar-refractivity contribution is 0.0957. The van der Waals surface area contributed by atoms with Gasteiger partial charge in [0.25, 0.3) is 0 Å². The summed E-state index contributed by atoms with van der Waals surface area (Å²) in [4.78, 5) is 19.5. The predicted molar refractivity (Wildman–Crippen MR) is 103 cm³/mol. The molecule has 0 atom stereocenters.